The molecule has 0 aliphatic heterocycles. The van der Waals surface area contributed by atoms with E-state index in [0.29, 0.717) is 0 Å². The van der Waals surface area contributed by atoms with Crippen molar-refractivity contribution in [3.63, 3.8) is 0 Å². The van der Waals surface area contributed by atoms with Gasteiger partial charge in [0.15, 0.2) is 0 Å². The van der Waals surface area contributed by atoms with E-state index in [-0.39, 0.29) is 23.4 Å². The lowest BCUT2D eigenvalue weighted by Gasteiger charge is -2.19. The van der Waals surface area contributed by atoms with Gasteiger partial charge in [-0.25, -0.2) is 8.42 Å². The maximum Gasteiger partial charge on any atom is 0.243 e. The number of benzene rings is 2. The van der Waals surface area contributed by atoms with E-state index < -0.39 is 10.0 Å². The zero-order chi connectivity index (χ0) is 18.6. The fourth-order valence-corrected chi connectivity index (χ4v) is 3.85. The Hall–Kier alpha value is -1.22. The normalized spacial score (nSPS) is 12.8. The molecule has 0 radical (unpaired) electrons. The van der Waals surface area contributed by atoms with Gasteiger partial charge in [0.2, 0.25) is 15.9 Å². The van der Waals surface area contributed by atoms with Crippen LogP contribution in [-0.2, 0) is 14.8 Å². The predicted molar refractivity (Wildman–Crippen MR) is 105 cm³/mol. The highest BCUT2D eigenvalue weighted by Crippen LogP contribution is 2.19. The summed E-state index contributed by atoms with van der Waals surface area (Å²) < 4.78 is 27.8. The number of carbonyl (C=O) groups is 1. The number of amides is 1. The van der Waals surface area contributed by atoms with Crippen molar-refractivity contribution < 1.29 is 13.2 Å². The second-order valence-corrected chi connectivity index (χ2v) is 9.43. The Morgan fingerprint density at radius 1 is 1.04 bits per heavy atom. The van der Waals surface area contributed by atoms with Gasteiger partial charge in [-0.1, -0.05) is 44.0 Å². The smallest absolute Gasteiger partial charge is 0.243 e. The average Bonchev–Trinajstić information content (AvgIpc) is 2.55. The second kappa shape index (κ2) is 8.44. The van der Waals surface area contributed by atoms with E-state index in [9.17, 15) is 13.2 Å². The van der Waals surface area contributed by atoms with Gasteiger partial charge in [0.25, 0.3) is 0 Å². The van der Waals surface area contributed by atoms with Crippen LogP contribution in [0.2, 0.25) is 0 Å². The molecule has 0 aromatic heterocycles. The van der Waals surface area contributed by atoms with E-state index in [1.54, 1.807) is 12.1 Å². The molecule has 1 N–H and O–H groups in total. The third-order valence-electron chi connectivity index (χ3n) is 3.64. The molecule has 134 valence electrons. The molecule has 0 aliphatic rings. The molecular weight excluding hydrogens is 472 g/mol. The van der Waals surface area contributed by atoms with E-state index in [1.807, 2.05) is 31.2 Å². The highest BCUT2D eigenvalue weighted by atomic mass is 79.9. The molecule has 0 spiro atoms. The molecule has 0 saturated carbocycles. The largest absolute Gasteiger partial charge is 0.348 e. The van der Waals surface area contributed by atoms with Crippen molar-refractivity contribution in [3.8, 4) is 0 Å². The van der Waals surface area contributed by atoms with Gasteiger partial charge >= 0.3 is 0 Å². The highest BCUT2D eigenvalue weighted by Gasteiger charge is 2.23. The summed E-state index contributed by atoms with van der Waals surface area (Å²) in [6.45, 7) is 1.60. The number of likely N-dealkylation sites (N-methyl/N-ethyl adjacent to an activating group) is 1. The van der Waals surface area contributed by atoms with Crippen LogP contribution >= 0.6 is 31.9 Å². The number of sulfonamides is 1. The molecule has 25 heavy (non-hydrogen) atoms. The van der Waals surface area contributed by atoms with Gasteiger partial charge in [-0.2, -0.15) is 4.31 Å². The maximum absolute atomic E-state index is 12.5. The summed E-state index contributed by atoms with van der Waals surface area (Å²) in [5.41, 5.74) is 0.940. The first-order chi connectivity index (χ1) is 11.7. The highest BCUT2D eigenvalue weighted by molar-refractivity contribution is 9.10. The molecule has 0 aliphatic carbocycles. The van der Waals surface area contributed by atoms with Crippen molar-refractivity contribution in [2.24, 2.45) is 0 Å². The topological polar surface area (TPSA) is 66.5 Å². The molecule has 2 aromatic carbocycles. The number of halogens is 2. The number of hydrogen-bond donors (Lipinski definition) is 1. The Bertz CT molecular complexity index is 837. The molecule has 0 unspecified atom stereocenters. The van der Waals surface area contributed by atoms with Crippen molar-refractivity contribution in [2.45, 2.75) is 17.9 Å². The van der Waals surface area contributed by atoms with Crippen molar-refractivity contribution in [1.82, 2.24) is 9.62 Å². The standard InChI is InChI=1S/C17H18Br2N2O3S/c1-12(13-3-5-14(18)6-4-13)20-17(22)11-21(2)25(23,24)16-9-7-15(19)8-10-16/h3-10,12H,11H2,1-2H3,(H,20,22)/t12-/m0/s1. The molecule has 2 aromatic rings. The van der Waals surface area contributed by atoms with Gasteiger partial charge in [-0.3, -0.25) is 4.79 Å². The van der Waals surface area contributed by atoms with Crippen LogP contribution in [0.15, 0.2) is 62.4 Å². The third-order valence-corrected chi connectivity index (χ3v) is 6.51. The zero-order valence-electron chi connectivity index (χ0n) is 13.7. The fourth-order valence-electron chi connectivity index (χ4n) is 2.20. The molecule has 2 rings (SSSR count). The molecule has 1 atom stereocenters. The average molecular weight is 490 g/mol. The van der Waals surface area contributed by atoms with E-state index >= 15 is 0 Å². The Labute approximate surface area is 164 Å². The van der Waals surface area contributed by atoms with Gasteiger partial charge in [0.1, 0.15) is 0 Å². The summed E-state index contributed by atoms with van der Waals surface area (Å²) in [7, 11) is -2.32. The summed E-state index contributed by atoms with van der Waals surface area (Å²) in [5.74, 6) is -0.362. The van der Waals surface area contributed by atoms with E-state index in [1.165, 1.54) is 19.2 Å². The molecule has 0 saturated heterocycles. The summed E-state index contributed by atoms with van der Waals surface area (Å²) in [4.78, 5) is 12.3. The van der Waals surface area contributed by atoms with Gasteiger partial charge in [-0.05, 0) is 48.9 Å². The first-order valence-corrected chi connectivity index (χ1v) is 10.5. The Balaban J connectivity index is 2.01. The summed E-state index contributed by atoms with van der Waals surface area (Å²) in [6, 6.07) is 13.7. The lowest BCUT2D eigenvalue weighted by atomic mass is 10.1. The van der Waals surface area contributed by atoms with Crippen LogP contribution in [0.5, 0.6) is 0 Å². The van der Waals surface area contributed by atoms with Crippen molar-refractivity contribution in [3.05, 3.63) is 63.0 Å². The van der Waals surface area contributed by atoms with E-state index in [0.717, 1.165) is 18.8 Å². The van der Waals surface area contributed by atoms with Crippen LogP contribution in [0.1, 0.15) is 18.5 Å². The van der Waals surface area contributed by atoms with Crippen molar-refractivity contribution in [2.75, 3.05) is 13.6 Å². The lowest BCUT2D eigenvalue weighted by molar-refractivity contribution is -0.121. The molecule has 1 amide bonds. The summed E-state index contributed by atoms with van der Waals surface area (Å²) in [5, 5.41) is 2.81. The van der Waals surface area contributed by atoms with Crippen molar-refractivity contribution in [1.29, 1.82) is 0 Å². The van der Waals surface area contributed by atoms with Gasteiger partial charge in [0.05, 0.1) is 17.5 Å². The Morgan fingerprint density at radius 3 is 2.04 bits per heavy atom. The van der Waals surface area contributed by atoms with Crippen molar-refractivity contribution >= 4 is 47.8 Å². The maximum atomic E-state index is 12.5. The van der Waals surface area contributed by atoms with E-state index in [4.69, 9.17) is 0 Å². The first kappa shape index (κ1) is 20.1. The van der Waals surface area contributed by atoms with Crippen LogP contribution in [0.25, 0.3) is 0 Å². The minimum Gasteiger partial charge on any atom is -0.348 e. The third kappa shape index (κ3) is 5.37. The predicted octanol–water partition coefficient (Wildman–Crippen LogP) is 3.71. The van der Waals surface area contributed by atoms with Crippen LogP contribution in [0.4, 0.5) is 0 Å². The number of nitrogens with one attached hydrogen (secondary N) is 1. The molecule has 0 heterocycles. The quantitative estimate of drug-likeness (QED) is 0.672. The minimum absolute atomic E-state index is 0.145. The second-order valence-electron chi connectivity index (χ2n) is 5.56. The SMILES string of the molecule is C[C@H](NC(=O)CN(C)S(=O)(=O)c1ccc(Br)cc1)c1ccc(Br)cc1. The zero-order valence-corrected chi connectivity index (χ0v) is 17.7. The number of nitrogens with zero attached hydrogens (tertiary/aromatic N) is 1. The van der Waals surface area contributed by atoms with Crippen LogP contribution in [0, 0.1) is 0 Å². The van der Waals surface area contributed by atoms with Gasteiger partial charge < -0.3 is 5.32 Å². The molecule has 0 fully saturated rings. The molecule has 8 heteroatoms. The fraction of sp³-hybridized carbons (Fsp3) is 0.235. The summed E-state index contributed by atoms with van der Waals surface area (Å²) >= 11 is 6.63. The van der Waals surface area contributed by atoms with Crippen LogP contribution in [0.3, 0.4) is 0 Å². The number of hydrogen-bond acceptors (Lipinski definition) is 3. The summed E-state index contributed by atoms with van der Waals surface area (Å²) in [6.07, 6.45) is 0. The number of carbonyl (C=O) groups excluding carboxylic acids is 1. The molecule has 0 bridgehead atoms. The van der Waals surface area contributed by atoms with E-state index in [2.05, 4.69) is 37.2 Å². The monoisotopic (exact) mass is 488 g/mol. The van der Waals surface area contributed by atoms with Gasteiger partial charge in [-0.15, -0.1) is 0 Å². The number of rotatable bonds is 6. The minimum atomic E-state index is -3.71. The Morgan fingerprint density at radius 2 is 1.52 bits per heavy atom. The van der Waals surface area contributed by atoms with Crippen LogP contribution in [-0.4, -0.2) is 32.2 Å². The first-order valence-electron chi connectivity index (χ1n) is 7.47. The lowest BCUT2D eigenvalue weighted by Crippen LogP contribution is -2.39. The van der Waals surface area contributed by atoms with Gasteiger partial charge in [0, 0.05) is 16.0 Å². The van der Waals surface area contributed by atoms with Crippen LogP contribution < -0.4 is 5.32 Å². The molecular formula is C17H18Br2N2O3S. The molecule has 5 nitrogen and oxygen atoms in total. The Kier molecular flexibility index (Phi) is 6.79.